The molecular weight excluding hydrogens is 306 g/mol. The molecule has 1 heterocycles. The fourth-order valence-corrected chi connectivity index (χ4v) is 2.26. The summed E-state index contributed by atoms with van der Waals surface area (Å²) in [5.74, 6) is -0.945. The maximum absolute atomic E-state index is 12.0. The summed E-state index contributed by atoms with van der Waals surface area (Å²) < 4.78 is 6.61. The number of ether oxygens (including phenoxy) is 1. The van der Waals surface area contributed by atoms with Crippen molar-refractivity contribution in [3.05, 3.63) is 53.4 Å². The molecule has 0 radical (unpaired) electrons. The number of benzene rings is 1. The number of aromatic nitrogens is 2. The Morgan fingerprint density at radius 2 is 1.88 bits per heavy atom. The Morgan fingerprint density at radius 3 is 2.50 bits per heavy atom. The first-order valence-electron chi connectivity index (χ1n) is 7.65. The molecule has 0 aliphatic heterocycles. The van der Waals surface area contributed by atoms with Gasteiger partial charge < -0.3 is 10.1 Å². The van der Waals surface area contributed by atoms with Crippen LogP contribution in [0, 0.1) is 20.8 Å². The third-order valence-electron chi connectivity index (χ3n) is 3.48. The zero-order valence-electron chi connectivity index (χ0n) is 14.3. The Bertz CT molecular complexity index is 774. The highest BCUT2D eigenvalue weighted by Crippen LogP contribution is 2.22. The molecule has 0 saturated heterocycles. The van der Waals surface area contributed by atoms with Gasteiger partial charge in [-0.05, 0) is 39.8 Å². The number of rotatable bonds is 5. The van der Waals surface area contributed by atoms with Crippen molar-refractivity contribution in [2.75, 3.05) is 11.9 Å². The van der Waals surface area contributed by atoms with Crippen LogP contribution in [-0.2, 0) is 14.3 Å². The largest absolute Gasteiger partial charge is 0.452 e. The first-order valence-corrected chi connectivity index (χ1v) is 7.65. The van der Waals surface area contributed by atoms with Gasteiger partial charge in [-0.15, -0.1) is 0 Å². The molecule has 126 valence electrons. The summed E-state index contributed by atoms with van der Waals surface area (Å²) in [6.07, 6.45) is 2.82. The van der Waals surface area contributed by atoms with Gasteiger partial charge >= 0.3 is 5.97 Å². The van der Waals surface area contributed by atoms with E-state index in [4.69, 9.17) is 4.74 Å². The number of carbonyl (C=O) groups is 2. The molecule has 0 aliphatic carbocycles. The summed E-state index contributed by atoms with van der Waals surface area (Å²) in [6.45, 7) is 7.08. The Morgan fingerprint density at radius 1 is 1.21 bits per heavy atom. The number of allylic oxidation sites excluding steroid dienone is 1. The number of hydrogen-bond donors (Lipinski definition) is 1. The van der Waals surface area contributed by atoms with Crippen molar-refractivity contribution in [3.8, 4) is 5.69 Å². The molecule has 2 rings (SSSR count). The molecule has 1 aromatic heterocycles. The predicted octanol–water partition coefficient (Wildman–Crippen LogP) is 2.86. The molecule has 0 spiro atoms. The third kappa shape index (κ3) is 4.10. The third-order valence-corrected chi connectivity index (χ3v) is 3.48. The van der Waals surface area contributed by atoms with E-state index in [2.05, 4.69) is 10.4 Å². The van der Waals surface area contributed by atoms with Crippen molar-refractivity contribution < 1.29 is 14.3 Å². The molecule has 6 nitrogen and oxygen atoms in total. The van der Waals surface area contributed by atoms with E-state index >= 15 is 0 Å². The van der Waals surface area contributed by atoms with Crippen molar-refractivity contribution in [1.82, 2.24) is 9.78 Å². The monoisotopic (exact) mass is 327 g/mol. The van der Waals surface area contributed by atoms with E-state index in [1.54, 1.807) is 17.7 Å². The first kappa shape index (κ1) is 17.5. The minimum Gasteiger partial charge on any atom is -0.452 e. The molecule has 6 heteroatoms. The minimum atomic E-state index is -0.545. The van der Waals surface area contributed by atoms with Gasteiger partial charge in [0.15, 0.2) is 6.61 Å². The van der Waals surface area contributed by atoms with Crippen LogP contribution in [0.15, 0.2) is 36.4 Å². The topological polar surface area (TPSA) is 73.2 Å². The number of nitrogens with zero attached hydrogens (tertiary/aromatic N) is 2. The number of aryl methyl sites for hydroxylation is 2. The maximum atomic E-state index is 12.0. The lowest BCUT2D eigenvalue weighted by Gasteiger charge is -2.07. The van der Waals surface area contributed by atoms with Crippen LogP contribution in [0.3, 0.4) is 0 Å². The van der Waals surface area contributed by atoms with E-state index in [0.29, 0.717) is 11.4 Å². The van der Waals surface area contributed by atoms with Crippen LogP contribution < -0.4 is 5.32 Å². The van der Waals surface area contributed by atoms with Crippen molar-refractivity contribution in [2.24, 2.45) is 0 Å². The van der Waals surface area contributed by atoms with Gasteiger partial charge in [0, 0.05) is 6.08 Å². The molecule has 2 aromatic rings. The smallest absolute Gasteiger partial charge is 0.330 e. The lowest BCUT2D eigenvalue weighted by Crippen LogP contribution is -2.20. The molecule has 0 atom stereocenters. The number of nitrogens with one attached hydrogen (secondary N) is 1. The SMILES string of the molecule is C/C=C/C(=O)OCC(=O)Nc1c(C)nn(-c2ccc(C)cc2)c1C. The van der Waals surface area contributed by atoms with E-state index in [-0.39, 0.29) is 6.61 Å². The number of anilines is 1. The summed E-state index contributed by atoms with van der Waals surface area (Å²) in [7, 11) is 0. The molecule has 0 fully saturated rings. The highest BCUT2D eigenvalue weighted by Gasteiger charge is 2.15. The zero-order valence-corrected chi connectivity index (χ0v) is 14.3. The summed E-state index contributed by atoms with van der Waals surface area (Å²) in [6, 6.07) is 7.95. The van der Waals surface area contributed by atoms with Crippen molar-refractivity contribution in [1.29, 1.82) is 0 Å². The summed E-state index contributed by atoms with van der Waals surface area (Å²) >= 11 is 0. The van der Waals surface area contributed by atoms with Gasteiger partial charge in [0.05, 0.1) is 22.8 Å². The highest BCUT2D eigenvalue weighted by molar-refractivity contribution is 5.94. The molecule has 0 unspecified atom stereocenters. The second-order valence-electron chi connectivity index (χ2n) is 5.45. The van der Waals surface area contributed by atoms with Crippen LogP contribution in [0.2, 0.25) is 0 Å². The Hall–Kier alpha value is -2.89. The van der Waals surface area contributed by atoms with Crippen LogP contribution in [0.4, 0.5) is 5.69 Å². The Balaban J connectivity index is 2.13. The van der Waals surface area contributed by atoms with E-state index in [1.807, 2.05) is 45.0 Å². The predicted molar refractivity (Wildman–Crippen MR) is 92.2 cm³/mol. The average molecular weight is 327 g/mol. The van der Waals surface area contributed by atoms with E-state index in [1.165, 1.54) is 6.08 Å². The molecule has 0 saturated carbocycles. The second-order valence-corrected chi connectivity index (χ2v) is 5.45. The van der Waals surface area contributed by atoms with Gasteiger partial charge in [-0.3, -0.25) is 4.79 Å². The number of carbonyl (C=O) groups excluding carboxylic acids is 2. The summed E-state index contributed by atoms with van der Waals surface area (Å²) in [4.78, 5) is 23.2. The number of hydrogen-bond acceptors (Lipinski definition) is 4. The number of amides is 1. The van der Waals surface area contributed by atoms with Crippen molar-refractivity contribution >= 4 is 17.6 Å². The first-order chi connectivity index (χ1) is 11.4. The molecule has 0 bridgehead atoms. The Kier molecular flexibility index (Phi) is 5.52. The molecular formula is C18H21N3O3. The zero-order chi connectivity index (χ0) is 17.7. The van der Waals surface area contributed by atoms with Gasteiger partial charge in [-0.1, -0.05) is 23.8 Å². The fourth-order valence-electron chi connectivity index (χ4n) is 2.26. The second kappa shape index (κ2) is 7.59. The summed E-state index contributed by atoms with van der Waals surface area (Å²) in [5, 5.41) is 7.22. The lowest BCUT2D eigenvalue weighted by molar-refractivity contribution is -0.142. The van der Waals surface area contributed by atoms with Gasteiger partial charge in [0.25, 0.3) is 5.91 Å². The van der Waals surface area contributed by atoms with Crippen LogP contribution in [0.5, 0.6) is 0 Å². The van der Waals surface area contributed by atoms with E-state index < -0.39 is 11.9 Å². The number of esters is 1. The van der Waals surface area contributed by atoms with Crippen LogP contribution in [0.25, 0.3) is 5.69 Å². The van der Waals surface area contributed by atoms with Crippen LogP contribution >= 0.6 is 0 Å². The molecule has 24 heavy (non-hydrogen) atoms. The standard InChI is InChI=1S/C18H21N3O3/c1-5-6-17(23)24-11-16(22)19-18-13(3)20-21(14(18)4)15-9-7-12(2)8-10-15/h5-10H,11H2,1-4H3,(H,19,22)/b6-5+. The Labute approximate surface area is 141 Å². The molecule has 0 aliphatic rings. The normalized spacial score (nSPS) is 10.8. The van der Waals surface area contributed by atoms with Gasteiger partial charge in [-0.2, -0.15) is 5.10 Å². The fraction of sp³-hybridized carbons (Fsp3) is 0.278. The van der Waals surface area contributed by atoms with Gasteiger partial charge in [-0.25, -0.2) is 9.48 Å². The van der Waals surface area contributed by atoms with Gasteiger partial charge in [0.1, 0.15) is 0 Å². The van der Waals surface area contributed by atoms with Crippen LogP contribution in [0.1, 0.15) is 23.9 Å². The van der Waals surface area contributed by atoms with Crippen molar-refractivity contribution in [3.63, 3.8) is 0 Å². The maximum Gasteiger partial charge on any atom is 0.330 e. The van der Waals surface area contributed by atoms with E-state index in [0.717, 1.165) is 16.9 Å². The van der Waals surface area contributed by atoms with E-state index in [9.17, 15) is 9.59 Å². The van der Waals surface area contributed by atoms with Crippen LogP contribution in [-0.4, -0.2) is 28.3 Å². The highest BCUT2D eigenvalue weighted by atomic mass is 16.5. The lowest BCUT2D eigenvalue weighted by atomic mass is 10.2. The summed E-state index contributed by atoms with van der Waals surface area (Å²) in [5.41, 5.74) is 4.21. The molecule has 1 amide bonds. The molecule has 1 aromatic carbocycles. The quantitative estimate of drug-likeness (QED) is 0.677. The average Bonchev–Trinajstić information content (AvgIpc) is 2.82. The molecule has 1 N–H and O–H groups in total. The van der Waals surface area contributed by atoms with Gasteiger partial charge in [0.2, 0.25) is 0 Å². The van der Waals surface area contributed by atoms with Crippen molar-refractivity contribution in [2.45, 2.75) is 27.7 Å². The minimum absolute atomic E-state index is 0.336.